The maximum absolute atomic E-state index is 2.54. The molecule has 0 amide bonds. The van der Waals surface area contributed by atoms with Gasteiger partial charge in [0, 0.05) is 24.3 Å². The van der Waals surface area contributed by atoms with Gasteiger partial charge in [-0.05, 0) is 83.0 Å². The van der Waals surface area contributed by atoms with E-state index in [1.54, 1.807) is 83.2 Å². The summed E-state index contributed by atoms with van der Waals surface area (Å²) in [5.74, 6) is 0.939. The smallest absolute Gasteiger partial charge is 0.0593 e. The van der Waals surface area contributed by atoms with Crippen molar-refractivity contribution in [2.45, 2.75) is 127 Å². The van der Waals surface area contributed by atoms with Crippen molar-refractivity contribution >= 4 is 7.26 Å². The zero-order valence-electron chi connectivity index (χ0n) is 16.4. The molecular formula is C22H42CuP+. The second-order valence-electron chi connectivity index (χ2n) is 9.45. The van der Waals surface area contributed by atoms with Gasteiger partial charge >= 0.3 is 0 Å². The van der Waals surface area contributed by atoms with Crippen LogP contribution in [-0.2, 0) is 17.1 Å². The van der Waals surface area contributed by atoms with Crippen molar-refractivity contribution in [2.24, 2.45) is 5.92 Å². The van der Waals surface area contributed by atoms with Gasteiger partial charge < -0.3 is 0 Å². The summed E-state index contributed by atoms with van der Waals surface area (Å²) in [7, 11) is -0.779. The van der Waals surface area contributed by atoms with E-state index < -0.39 is 7.26 Å². The van der Waals surface area contributed by atoms with E-state index in [2.05, 4.69) is 13.8 Å². The van der Waals surface area contributed by atoms with Crippen molar-refractivity contribution < 1.29 is 17.1 Å². The topological polar surface area (TPSA) is 0 Å². The largest absolute Gasteiger partial charge is 0.0703 e. The molecule has 145 valence electrons. The molecule has 0 N–H and O–H groups in total. The summed E-state index contributed by atoms with van der Waals surface area (Å²) in [5.41, 5.74) is 3.56. The van der Waals surface area contributed by atoms with Crippen LogP contribution in [0.4, 0.5) is 0 Å². The van der Waals surface area contributed by atoms with Crippen LogP contribution in [0.2, 0.25) is 0 Å². The SMILES string of the molecule is CC(C)C[P+](C1CCCCC1)(C1CCCCC1)C1CCCCC1.[Cu]. The summed E-state index contributed by atoms with van der Waals surface area (Å²) in [5, 5.41) is 0. The fourth-order valence-electron chi connectivity index (χ4n) is 6.66. The predicted molar refractivity (Wildman–Crippen MR) is 107 cm³/mol. The van der Waals surface area contributed by atoms with Crippen LogP contribution in [0.15, 0.2) is 0 Å². The minimum atomic E-state index is -0.779. The fraction of sp³-hybridized carbons (Fsp3) is 1.00. The Labute approximate surface area is 163 Å². The molecule has 24 heavy (non-hydrogen) atoms. The van der Waals surface area contributed by atoms with Gasteiger partial charge in [0.1, 0.15) is 0 Å². The number of hydrogen-bond donors (Lipinski definition) is 0. The third-order valence-electron chi connectivity index (χ3n) is 7.44. The van der Waals surface area contributed by atoms with Gasteiger partial charge in [-0.2, -0.15) is 0 Å². The molecule has 0 aromatic carbocycles. The van der Waals surface area contributed by atoms with Crippen LogP contribution in [0, 0.1) is 5.92 Å². The second-order valence-corrected chi connectivity index (χ2v) is 14.0. The summed E-state index contributed by atoms with van der Waals surface area (Å²) in [6.07, 6.45) is 25.3. The third kappa shape index (κ3) is 4.81. The van der Waals surface area contributed by atoms with Crippen LogP contribution < -0.4 is 0 Å². The molecule has 0 aromatic heterocycles. The quantitative estimate of drug-likeness (QED) is 0.328. The van der Waals surface area contributed by atoms with E-state index in [1.807, 2.05) is 0 Å². The molecule has 0 spiro atoms. The molecule has 3 aliphatic carbocycles. The molecule has 0 atom stereocenters. The van der Waals surface area contributed by atoms with Crippen LogP contribution in [-0.4, -0.2) is 23.1 Å². The average molecular weight is 401 g/mol. The minimum Gasteiger partial charge on any atom is -0.0593 e. The van der Waals surface area contributed by atoms with Gasteiger partial charge in [0.15, 0.2) is 0 Å². The van der Waals surface area contributed by atoms with Gasteiger partial charge in [-0.3, -0.25) is 0 Å². The molecule has 0 heterocycles. The van der Waals surface area contributed by atoms with E-state index in [4.69, 9.17) is 0 Å². The van der Waals surface area contributed by atoms with Gasteiger partial charge in [-0.1, -0.05) is 33.1 Å². The normalized spacial score (nSPS) is 25.6. The molecule has 0 unspecified atom stereocenters. The molecule has 2 heteroatoms. The van der Waals surface area contributed by atoms with Crippen molar-refractivity contribution in [2.75, 3.05) is 6.16 Å². The predicted octanol–water partition coefficient (Wildman–Crippen LogP) is 7.66. The first-order valence-corrected chi connectivity index (χ1v) is 13.3. The first kappa shape index (κ1) is 21.3. The van der Waals surface area contributed by atoms with E-state index in [0.717, 1.165) is 5.92 Å². The number of rotatable bonds is 5. The zero-order chi connectivity index (χ0) is 16.1. The monoisotopic (exact) mass is 400 g/mol. The van der Waals surface area contributed by atoms with E-state index in [9.17, 15) is 0 Å². The average Bonchev–Trinajstić information content (AvgIpc) is 2.62. The fourth-order valence-corrected chi connectivity index (χ4v) is 14.6. The third-order valence-corrected chi connectivity index (χ3v) is 14.4. The minimum absolute atomic E-state index is 0. The summed E-state index contributed by atoms with van der Waals surface area (Å²) in [6, 6.07) is 0. The molecule has 3 fully saturated rings. The van der Waals surface area contributed by atoms with Crippen LogP contribution in [0.25, 0.3) is 0 Å². The number of hydrogen-bond acceptors (Lipinski definition) is 0. The van der Waals surface area contributed by atoms with Crippen LogP contribution in [0.1, 0.15) is 110 Å². The van der Waals surface area contributed by atoms with Crippen LogP contribution in [0.3, 0.4) is 0 Å². The van der Waals surface area contributed by atoms with Crippen molar-refractivity contribution in [3.8, 4) is 0 Å². The molecule has 0 aliphatic heterocycles. The zero-order valence-corrected chi connectivity index (χ0v) is 18.2. The Morgan fingerprint density at radius 3 is 1.12 bits per heavy atom. The Balaban J connectivity index is 0.00000208. The van der Waals surface area contributed by atoms with Crippen molar-refractivity contribution in [3.63, 3.8) is 0 Å². The van der Waals surface area contributed by atoms with E-state index >= 15 is 0 Å². The summed E-state index contributed by atoms with van der Waals surface area (Å²) in [6.45, 7) is 5.09. The maximum atomic E-state index is 2.54. The van der Waals surface area contributed by atoms with Gasteiger partial charge in [-0.15, -0.1) is 0 Å². The molecule has 3 saturated carbocycles. The standard InChI is InChI=1S/C22H42P.Cu/c1-19(2)18-23(20-12-6-3-7-13-20,21-14-8-4-9-15-21)22-16-10-5-11-17-22;/h19-22H,3-18H2,1-2H3;/q+1;. The Morgan fingerprint density at radius 1 is 0.583 bits per heavy atom. The summed E-state index contributed by atoms with van der Waals surface area (Å²) in [4.78, 5) is 0. The van der Waals surface area contributed by atoms with Crippen molar-refractivity contribution in [3.05, 3.63) is 0 Å². The van der Waals surface area contributed by atoms with Gasteiger partial charge in [-0.25, -0.2) is 0 Å². The molecular weight excluding hydrogens is 359 g/mol. The first-order chi connectivity index (χ1) is 11.2. The van der Waals surface area contributed by atoms with Crippen LogP contribution in [0.5, 0.6) is 0 Å². The molecule has 0 nitrogen and oxygen atoms in total. The van der Waals surface area contributed by atoms with E-state index in [-0.39, 0.29) is 17.1 Å². The van der Waals surface area contributed by atoms with E-state index in [1.165, 1.54) is 36.2 Å². The Bertz CT molecular complexity index is 290. The first-order valence-electron chi connectivity index (χ1n) is 11.1. The van der Waals surface area contributed by atoms with Gasteiger partial charge in [0.2, 0.25) is 0 Å². The molecule has 0 aromatic rings. The molecule has 3 rings (SSSR count). The molecule has 0 bridgehead atoms. The molecule has 0 saturated heterocycles. The van der Waals surface area contributed by atoms with E-state index in [0.29, 0.717) is 0 Å². The maximum Gasteiger partial charge on any atom is 0.0703 e. The van der Waals surface area contributed by atoms with Crippen LogP contribution >= 0.6 is 7.26 Å². The van der Waals surface area contributed by atoms with Gasteiger partial charge in [0.25, 0.3) is 0 Å². The summed E-state index contributed by atoms with van der Waals surface area (Å²) < 4.78 is 0. The van der Waals surface area contributed by atoms with Gasteiger partial charge in [0.05, 0.1) is 23.1 Å². The Kier molecular flexibility index (Phi) is 9.14. The Morgan fingerprint density at radius 2 is 0.875 bits per heavy atom. The second kappa shape index (κ2) is 10.3. The van der Waals surface area contributed by atoms with Crippen molar-refractivity contribution in [1.82, 2.24) is 0 Å². The van der Waals surface area contributed by atoms with Crippen molar-refractivity contribution in [1.29, 1.82) is 0 Å². The Hall–Kier alpha value is 0.949. The molecule has 3 aliphatic rings. The summed E-state index contributed by atoms with van der Waals surface area (Å²) >= 11 is 0. The molecule has 1 radical (unpaired) electrons.